The van der Waals surface area contributed by atoms with Crippen LogP contribution in [0.4, 0.5) is 0 Å². The van der Waals surface area contributed by atoms with Gasteiger partial charge in [-0.1, -0.05) is 12.8 Å². The van der Waals surface area contributed by atoms with E-state index in [1.165, 1.54) is 0 Å². The molecule has 0 radical (unpaired) electrons. The highest BCUT2D eigenvalue weighted by Gasteiger charge is 2.33. The average molecular weight is 325 g/mol. The number of furan rings is 1. The van der Waals surface area contributed by atoms with E-state index in [4.69, 9.17) is 4.42 Å². The number of sulfone groups is 1. The summed E-state index contributed by atoms with van der Waals surface area (Å²) in [6, 6.07) is 3.99. The fraction of sp³-hybridized carbons (Fsp3) is 0.688. The quantitative estimate of drug-likeness (QED) is 0.833. The van der Waals surface area contributed by atoms with E-state index in [2.05, 4.69) is 0 Å². The topological polar surface area (TPSA) is 67.6 Å². The molecule has 6 heteroatoms. The molecule has 0 aromatic carbocycles. The number of hydrogen-bond donors (Lipinski definition) is 0. The van der Waals surface area contributed by atoms with Gasteiger partial charge in [0.15, 0.2) is 9.84 Å². The summed E-state index contributed by atoms with van der Waals surface area (Å²) in [7, 11) is -2.93. The van der Waals surface area contributed by atoms with Crippen LogP contribution < -0.4 is 0 Å². The maximum Gasteiger partial charge on any atom is 0.223 e. The molecule has 0 spiro atoms. The lowest BCUT2D eigenvalue weighted by Crippen LogP contribution is -2.39. The van der Waals surface area contributed by atoms with Crippen LogP contribution in [0.25, 0.3) is 0 Å². The predicted molar refractivity (Wildman–Crippen MR) is 82.9 cm³/mol. The summed E-state index contributed by atoms with van der Waals surface area (Å²) in [5.74, 6) is 1.24. The first-order chi connectivity index (χ1) is 10.5. The summed E-state index contributed by atoms with van der Waals surface area (Å²) in [5, 5.41) is 0. The van der Waals surface area contributed by atoms with Crippen LogP contribution in [0.1, 0.15) is 44.3 Å². The molecule has 5 nitrogen and oxygen atoms in total. The lowest BCUT2D eigenvalue weighted by Gasteiger charge is -2.29. The molecule has 2 heterocycles. The average Bonchev–Trinajstić information content (AvgIpc) is 3.18. The molecule has 1 aromatic rings. The van der Waals surface area contributed by atoms with Crippen molar-refractivity contribution in [3.63, 3.8) is 0 Å². The van der Waals surface area contributed by atoms with Crippen molar-refractivity contribution in [1.82, 2.24) is 4.90 Å². The minimum Gasteiger partial charge on any atom is -0.467 e. The van der Waals surface area contributed by atoms with Crippen molar-refractivity contribution in [2.45, 2.75) is 51.1 Å². The molecule has 122 valence electrons. The molecule has 3 rings (SSSR count). The number of rotatable bonds is 5. The third-order valence-corrected chi connectivity index (χ3v) is 6.62. The second-order valence-electron chi connectivity index (χ2n) is 6.51. The monoisotopic (exact) mass is 325 g/mol. The van der Waals surface area contributed by atoms with Crippen LogP contribution in [-0.2, 0) is 21.2 Å². The van der Waals surface area contributed by atoms with E-state index in [1.54, 1.807) is 6.26 Å². The maximum atomic E-state index is 12.7. The Morgan fingerprint density at radius 1 is 1.27 bits per heavy atom. The molecule has 1 atom stereocenters. The van der Waals surface area contributed by atoms with Crippen molar-refractivity contribution in [3.8, 4) is 0 Å². The van der Waals surface area contributed by atoms with E-state index >= 15 is 0 Å². The Bertz CT molecular complexity index is 602. The molecule has 1 unspecified atom stereocenters. The van der Waals surface area contributed by atoms with Crippen LogP contribution in [0.5, 0.6) is 0 Å². The Balaban J connectivity index is 1.66. The maximum absolute atomic E-state index is 12.7. The van der Waals surface area contributed by atoms with Gasteiger partial charge in [0, 0.05) is 12.5 Å². The summed E-state index contributed by atoms with van der Waals surface area (Å²) in [6.45, 7) is 0.496. The fourth-order valence-electron chi connectivity index (χ4n) is 3.60. The van der Waals surface area contributed by atoms with E-state index in [1.807, 2.05) is 17.0 Å². The number of hydrogen-bond acceptors (Lipinski definition) is 4. The lowest BCUT2D eigenvalue weighted by atomic mass is 10.0. The highest BCUT2D eigenvalue weighted by Crippen LogP contribution is 2.28. The van der Waals surface area contributed by atoms with Gasteiger partial charge in [0.05, 0.1) is 24.3 Å². The third-order valence-electron chi connectivity index (χ3n) is 4.78. The molecular weight excluding hydrogens is 302 g/mol. The molecule has 22 heavy (non-hydrogen) atoms. The summed E-state index contributed by atoms with van der Waals surface area (Å²) >= 11 is 0. The van der Waals surface area contributed by atoms with Gasteiger partial charge in [-0.25, -0.2) is 8.42 Å². The molecular formula is C16H23NO4S. The van der Waals surface area contributed by atoms with Gasteiger partial charge in [0.2, 0.25) is 5.91 Å². The van der Waals surface area contributed by atoms with Crippen LogP contribution in [-0.4, -0.2) is 36.8 Å². The number of carbonyl (C=O) groups is 1. The van der Waals surface area contributed by atoms with Gasteiger partial charge in [0.25, 0.3) is 0 Å². The molecule has 2 fully saturated rings. The molecule has 1 aromatic heterocycles. The first kappa shape index (κ1) is 15.6. The predicted octanol–water partition coefficient (Wildman–Crippen LogP) is 2.38. The zero-order valence-electron chi connectivity index (χ0n) is 12.7. The zero-order chi connectivity index (χ0) is 15.6. The number of amides is 1. The summed E-state index contributed by atoms with van der Waals surface area (Å²) < 4.78 is 28.5. The van der Waals surface area contributed by atoms with Crippen molar-refractivity contribution in [1.29, 1.82) is 0 Å². The zero-order valence-corrected chi connectivity index (χ0v) is 13.6. The van der Waals surface area contributed by atoms with E-state index in [0.29, 0.717) is 19.4 Å². The third kappa shape index (κ3) is 3.72. The minimum absolute atomic E-state index is 0.0157. The normalized spacial score (nSPS) is 24.6. The standard InChI is InChI=1S/C16H23NO4S/c18-16(10-13-7-9-22(19,20)12-13)17(14-4-1-2-5-14)11-15-6-3-8-21-15/h3,6,8,13-14H,1-2,4-5,7,9-12H2. The summed E-state index contributed by atoms with van der Waals surface area (Å²) in [4.78, 5) is 14.6. The van der Waals surface area contributed by atoms with Crippen molar-refractivity contribution < 1.29 is 17.6 Å². The Hall–Kier alpha value is -1.30. The van der Waals surface area contributed by atoms with Crippen LogP contribution >= 0.6 is 0 Å². The smallest absolute Gasteiger partial charge is 0.223 e. The molecule has 0 bridgehead atoms. The van der Waals surface area contributed by atoms with Gasteiger partial charge in [0.1, 0.15) is 5.76 Å². The molecule has 1 aliphatic carbocycles. The molecule has 1 amide bonds. The summed E-state index contributed by atoms with van der Waals surface area (Å²) in [5.41, 5.74) is 0. The minimum atomic E-state index is -2.93. The molecule has 1 aliphatic heterocycles. The second kappa shape index (κ2) is 6.44. The van der Waals surface area contributed by atoms with Crippen LogP contribution in [0.3, 0.4) is 0 Å². The SMILES string of the molecule is O=C(CC1CCS(=O)(=O)C1)N(Cc1ccco1)C1CCCC1. The van der Waals surface area contributed by atoms with Crippen molar-refractivity contribution >= 4 is 15.7 Å². The van der Waals surface area contributed by atoms with E-state index < -0.39 is 9.84 Å². The van der Waals surface area contributed by atoms with Gasteiger partial charge < -0.3 is 9.32 Å². The van der Waals surface area contributed by atoms with Crippen LogP contribution in [0, 0.1) is 5.92 Å². The van der Waals surface area contributed by atoms with E-state index in [9.17, 15) is 13.2 Å². The van der Waals surface area contributed by atoms with Gasteiger partial charge in [-0.2, -0.15) is 0 Å². The van der Waals surface area contributed by atoms with Crippen molar-refractivity contribution in [2.75, 3.05) is 11.5 Å². The number of carbonyl (C=O) groups excluding carboxylic acids is 1. The molecule has 2 aliphatic rings. The van der Waals surface area contributed by atoms with Gasteiger partial charge in [-0.3, -0.25) is 4.79 Å². The van der Waals surface area contributed by atoms with Crippen molar-refractivity contribution in [2.24, 2.45) is 5.92 Å². The van der Waals surface area contributed by atoms with E-state index in [0.717, 1.165) is 31.4 Å². The van der Waals surface area contributed by atoms with E-state index in [-0.39, 0.29) is 29.4 Å². The lowest BCUT2D eigenvalue weighted by molar-refractivity contribution is -0.135. The first-order valence-corrected chi connectivity index (χ1v) is 9.88. The van der Waals surface area contributed by atoms with Crippen molar-refractivity contribution in [3.05, 3.63) is 24.2 Å². The van der Waals surface area contributed by atoms with Gasteiger partial charge >= 0.3 is 0 Å². The Morgan fingerprint density at radius 2 is 2.05 bits per heavy atom. The first-order valence-electron chi connectivity index (χ1n) is 8.06. The van der Waals surface area contributed by atoms with Crippen LogP contribution in [0.15, 0.2) is 22.8 Å². The van der Waals surface area contributed by atoms with Gasteiger partial charge in [-0.05, 0) is 37.3 Å². The number of nitrogens with zero attached hydrogens (tertiary/aromatic N) is 1. The second-order valence-corrected chi connectivity index (χ2v) is 8.74. The van der Waals surface area contributed by atoms with Gasteiger partial charge in [-0.15, -0.1) is 0 Å². The molecule has 1 saturated heterocycles. The largest absolute Gasteiger partial charge is 0.467 e. The highest BCUT2D eigenvalue weighted by molar-refractivity contribution is 7.91. The Morgan fingerprint density at radius 3 is 2.64 bits per heavy atom. The summed E-state index contributed by atoms with van der Waals surface area (Å²) in [6.07, 6.45) is 6.97. The molecule has 0 N–H and O–H groups in total. The highest BCUT2D eigenvalue weighted by atomic mass is 32.2. The Labute approximate surface area is 131 Å². The molecule has 1 saturated carbocycles. The Kier molecular flexibility index (Phi) is 4.57. The fourth-order valence-corrected chi connectivity index (χ4v) is 5.47. The van der Waals surface area contributed by atoms with Crippen LogP contribution in [0.2, 0.25) is 0 Å².